The highest BCUT2D eigenvalue weighted by Gasteiger charge is 2.19. The van der Waals surface area contributed by atoms with Gasteiger partial charge in [0.1, 0.15) is 11.5 Å². The summed E-state index contributed by atoms with van der Waals surface area (Å²) >= 11 is 0. The average Bonchev–Trinajstić information content (AvgIpc) is 3.20. The number of hydrogen-bond donors (Lipinski definition) is 0. The van der Waals surface area contributed by atoms with Gasteiger partial charge in [-0.3, -0.25) is 4.98 Å². The van der Waals surface area contributed by atoms with E-state index >= 15 is 0 Å². The second-order valence-corrected chi connectivity index (χ2v) is 7.78. The summed E-state index contributed by atoms with van der Waals surface area (Å²) in [6.45, 7) is 4.14. The Morgan fingerprint density at radius 2 is 1.62 bits per heavy atom. The van der Waals surface area contributed by atoms with Gasteiger partial charge in [-0.25, -0.2) is 9.07 Å². The number of nitrogens with zero attached hydrogens (tertiary/aromatic N) is 3. The van der Waals surface area contributed by atoms with Gasteiger partial charge < -0.3 is 9.47 Å². The number of fused-ring (bicyclic) bond motifs is 3. The van der Waals surface area contributed by atoms with E-state index < -0.39 is 0 Å². The Morgan fingerprint density at radius 1 is 0.812 bits per heavy atom. The van der Waals surface area contributed by atoms with Crippen molar-refractivity contribution in [3.63, 3.8) is 0 Å². The second-order valence-electron chi connectivity index (χ2n) is 7.78. The molecule has 0 aliphatic rings. The lowest BCUT2D eigenvalue weighted by Crippen LogP contribution is -1.99. The lowest BCUT2D eigenvalue weighted by Gasteiger charge is -2.09. The summed E-state index contributed by atoms with van der Waals surface area (Å²) in [6, 6.07) is 16.5. The summed E-state index contributed by atoms with van der Waals surface area (Å²) in [4.78, 5) is 4.58. The Labute approximate surface area is 185 Å². The first-order valence-corrected chi connectivity index (χ1v) is 10.3. The van der Waals surface area contributed by atoms with Crippen molar-refractivity contribution in [2.75, 3.05) is 14.2 Å². The van der Waals surface area contributed by atoms with Gasteiger partial charge in [-0.15, -0.1) is 0 Å². The first-order valence-electron chi connectivity index (χ1n) is 10.3. The third kappa shape index (κ3) is 3.15. The molecule has 6 heteroatoms. The third-order valence-electron chi connectivity index (χ3n) is 5.86. The molecule has 5 aromatic rings. The van der Waals surface area contributed by atoms with E-state index in [-0.39, 0.29) is 5.82 Å². The van der Waals surface area contributed by atoms with E-state index in [0.717, 1.165) is 33.4 Å². The molecule has 0 bridgehead atoms. The molecule has 3 aromatic carbocycles. The quantitative estimate of drug-likeness (QED) is 0.352. The molecule has 0 aliphatic carbocycles. The van der Waals surface area contributed by atoms with Crippen molar-refractivity contribution in [3.05, 3.63) is 77.7 Å². The molecule has 5 rings (SSSR count). The molecule has 0 aliphatic heterocycles. The van der Waals surface area contributed by atoms with Gasteiger partial charge in [0.15, 0.2) is 11.5 Å². The average molecular weight is 427 g/mol. The molecule has 2 heterocycles. The maximum Gasteiger partial charge on any atom is 0.161 e. The van der Waals surface area contributed by atoms with E-state index in [4.69, 9.17) is 14.6 Å². The Hall–Kier alpha value is -3.93. The minimum absolute atomic E-state index is 0.313. The highest BCUT2D eigenvalue weighted by Crippen LogP contribution is 2.37. The van der Waals surface area contributed by atoms with Gasteiger partial charge in [0, 0.05) is 22.5 Å². The van der Waals surface area contributed by atoms with Crippen LogP contribution in [0.5, 0.6) is 11.5 Å². The van der Waals surface area contributed by atoms with Crippen LogP contribution in [0.3, 0.4) is 0 Å². The summed E-state index contributed by atoms with van der Waals surface area (Å²) in [6.07, 6.45) is 1.80. The molecule has 160 valence electrons. The van der Waals surface area contributed by atoms with Gasteiger partial charge in [-0.1, -0.05) is 6.07 Å². The molecule has 5 nitrogen and oxygen atoms in total. The lowest BCUT2D eigenvalue weighted by atomic mass is 10.1. The minimum Gasteiger partial charge on any atom is -0.493 e. The zero-order chi connectivity index (χ0) is 22.4. The SMILES string of the molecule is COc1ccc(-c2nn(-c3ccc(C)c(C)c3)c3c2cnc2ccc(F)cc23)cc1OC. The van der Waals surface area contributed by atoms with Crippen molar-refractivity contribution in [1.29, 1.82) is 0 Å². The smallest absolute Gasteiger partial charge is 0.161 e. The molecule has 0 atom stereocenters. The van der Waals surface area contributed by atoms with Crippen LogP contribution < -0.4 is 9.47 Å². The van der Waals surface area contributed by atoms with Crippen LogP contribution in [0.15, 0.2) is 60.8 Å². The maximum absolute atomic E-state index is 14.2. The molecule has 0 fully saturated rings. The number of halogens is 1. The molecule has 0 spiro atoms. The third-order valence-corrected chi connectivity index (χ3v) is 5.86. The Kier molecular flexibility index (Phi) is 4.78. The second kappa shape index (κ2) is 7.64. The Bertz CT molecular complexity index is 1490. The molecule has 0 unspecified atom stereocenters. The topological polar surface area (TPSA) is 49.2 Å². The number of rotatable bonds is 4. The van der Waals surface area contributed by atoms with Crippen molar-refractivity contribution >= 4 is 21.8 Å². The summed E-state index contributed by atoms with van der Waals surface area (Å²) in [7, 11) is 3.21. The first kappa shape index (κ1) is 20.0. The molecule has 2 aromatic heterocycles. The monoisotopic (exact) mass is 427 g/mol. The largest absolute Gasteiger partial charge is 0.493 e. The summed E-state index contributed by atoms with van der Waals surface area (Å²) in [5, 5.41) is 6.50. The van der Waals surface area contributed by atoms with E-state index in [1.807, 2.05) is 28.9 Å². The van der Waals surface area contributed by atoms with Crippen molar-refractivity contribution in [1.82, 2.24) is 14.8 Å². The van der Waals surface area contributed by atoms with E-state index in [1.54, 1.807) is 26.5 Å². The normalized spacial score (nSPS) is 11.3. The predicted octanol–water partition coefficient (Wildman–Crippen LogP) is 6.01. The van der Waals surface area contributed by atoms with Crippen LogP contribution in [0.4, 0.5) is 4.39 Å². The van der Waals surface area contributed by atoms with Crippen LogP contribution in [0.25, 0.3) is 38.8 Å². The molecule has 32 heavy (non-hydrogen) atoms. The number of benzene rings is 3. The van der Waals surface area contributed by atoms with Gasteiger partial charge in [0.2, 0.25) is 0 Å². The number of aromatic nitrogens is 3. The van der Waals surface area contributed by atoms with Crippen LogP contribution in [0, 0.1) is 19.7 Å². The van der Waals surface area contributed by atoms with Crippen LogP contribution in [-0.4, -0.2) is 29.0 Å². The van der Waals surface area contributed by atoms with E-state index in [2.05, 4.69) is 31.0 Å². The Balaban J connectivity index is 1.87. The molecule has 0 saturated heterocycles. The minimum atomic E-state index is -0.313. The summed E-state index contributed by atoms with van der Waals surface area (Å²) < 4.78 is 27.0. The summed E-state index contributed by atoms with van der Waals surface area (Å²) in [5.41, 5.74) is 6.36. The van der Waals surface area contributed by atoms with Gasteiger partial charge in [0.05, 0.1) is 30.9 Å². The molecule has 0 saturated carbocycles. The van der Waals surface area contributed by atoms with Crippen molar-refractivity contribution < 1.29 is 13.9 Å². The van der Waals surface area contributed by atoms with Gasteiger partial charge in [0.25, 0.3) is 0 Å². The fourth-order valence-corrected chi connectivity index (χ4v) is 4.00. The maximum atomic E-state index is 14.2. The highest BCUT2D eigenvalue weighted by atomic mass is 19.1. The zero-order valence-electron chi connectivity index (χ0n) is 18.3. The Morgan fingerprint density at radius 3 is 2.38 bits per heavy atom. The molecular weight excluding hydrogens is 405 g/mol. The van der Waals surface area contributed by atoms with Crippen molar-refractivity contribution in [2.24, 2.45) is 0 Å². The molecule has 0 radical (unpaired) electrons. The van der Waals surface area contributed by atoms with Gasteiger partial charge in [-0.2, -0.15) is 5.10 Å². The van der Waals surface area contributed by atoms with Crippen molar-refractivity contribution in [3.8, 4) is 28.4 Å². The van der Waals surface area contributed by atoms with Gasteiger partial charge in [-0.05, 0) is 73.5 Å². The van der Waals surface area contributed by atoms with Crippen LogP contribution in [0.2, 0.25) is 0 Å². The van der Waals surface area contributed by atoms with E-state index in [9.17, 15) is 4.39 Å². The van der Waals surface area contributed by atoms with E-state index in [0.29, 0.717) is 22.4 Å². The van der Waals surface area contributed by atoms with Crippen LogP contribution >= 0.6 is 0 Å². The number of methoxy groups -OCH3 is 2. The molecule has 0 N–H and O–H groups in total. The number of hydrogen-bond acceptors (Lipinski definition) is 4. The number of pyridine rings is 1. The van der Waals surface area contributed by atoms with Crippen LogP contribution in [0.1, 0.15) is 11.1 Å². The standard InChI is InChI=1S/C26H22FN3O2/c1-15-5-8-19(11-16(15)2)30-26-20-13-18(27)7-9-22(20)28-14-21(26)25(29-30)17-6-10-23(31-3)24(12-17)32-4/h5-14H,1-4H3. The van der Waals surface area contributed by atoms with Crippen molar-refractivity contribution in [2.45, 2.75) is 13.8 Å². The first-order chi connectivity index (χ1) is 15.5. The van der Waals surface area contributed by atoms with Crippen LogP contribution in [-0.2, 0) is 0 Å². The number of ether oxygens (including phenoxy) is 2. The van der Waals surface area contributed by atoms with E-state index in [1.165, 1.54) is 17.7 Å². The highest BCUT2D eigenvalue weighted by molar-refractivity contribution is 6.08. The summed E-state index contributed by atoms with van der Waals surface area (Å²) in [5.74, 6) is 0.936. The predicted molar refractivity (Wildman–Crippen MR) is 124 cm³/mol. The number of aryl methyl sites for hydroxylation is 2. The zero-order valence-corrected chi connectivity index (χ0v) is 18.3. The lowest BCUT2D eigenvalue weighted by molar-refractivity contribution is 0.355. The fraction of sp³-hybridized carbons (Fsp3) is 0.154. The molecular formula is C26H22FN3O2. The fourth-order valence-electron chi connectivity index (χ4n) is 4.00. The molecule has 0 amide bonds. The van der Waals surface area contributed by atoms with Gasteiger partial charge >= 0.3 is 0 Å².